The Morgan fingerprint density at radius 1 is 1.11 bits per heavy atom. The summed E-state index contributed by atoms with van der Waals surface area (Å²) in [7, 11) is 1.71. The van der Waals surface area contributed by atoms with E-state index >= 15 is 0 Å². The van der Waals surface area contributed by atoms with Crippen molar-refractivity contribution in [1.29, 1.82) is 0 Å². The normalized spacial score (nSPS) is 12.0. The number of aryl methyl sites for hydroxylation is 1. The van der Waals surface area contributed by atoms with Gasteiger partial charge in [-0.05, 0) is 50.1 Å². The summed E-state index contributed by atoms with van der Waals surface area (Å²) in [6, 6.07) is 8.46. The van der Waals surface area contributed by atoms with Crippen LogP contribution in [0, 0.1) is 13.8 Å². The molecule has 0 amide bonds. The third-order valence-corrected chi connectivity index (χ3v) is 3.38. The molecule has 1 aromatic carbocycles. The Labute approximate surface area is 114 Å². The summed E-state index contributed by atoms with van der Waals surface area (Å²) < 4.78 is 5.45. The molecule has 2 aromatic rings. The molecule has 0 radical (unpaired) electrons. The molecule has 1 heterocycles. The molecule has 0 bridgehead atoms. The predicted octanol–water partition coefficient (Wildman–Crippen LogP) is 3.88. The first-order chi connectivity index (χ1) is 9.13. The first-order valence-corrected chi connectivity index (χ1v) is 6.44. The molecule has 0 spiro atoms. The molecular formula is C16H20N2O. The number of anilines is 1. The van der Waals surface area contributed by atoms with Gasteiger partial charge in [-0.2, -0.15) is 0 Å². The van der Waals surface area contributed by atoms with Crippen LogP contribution in [-0.4, -0.2) is 12.1 Å². The van der Waals surface area contributed by atoms with Gasteiger partial charge in [-0.1, -0.05) is 6.07 Å². The number of hydrogen-bond acceptors (Lipinski definition) is 3. The SMILES string of the molecule is COc1c(C)ccc(NC(C)c2ccncc2)c1C. The lowest BCUT2D eigenvalue weighted by Gasteiger charge is -2.19. The van der Waals surface area contributed by atoms with Crippen molar-refractivity contribution < 1.29 is 4.74 Å². The number of pyridine rings is 1. The average Bonchev–Trinajstić information content (AvgIpc) is 2.43. The fraction of sp³-hybridized carbons (Fsp3) is 0.312. The summed E-state index contributed by atoms with van der Waals surface area (Å²) in [5.41, 5.74) is 4.62. The Morgan fingerprint density at radius 2 is 1.79 bits per heavy atom. The number of aromatic nitrogens is 1. The Bertz CT molecular complexity index is 552. The molecule has 1 N–H and O–H groups in total. The zero-order valence-corrected chi connectivity index (χ0v) is 11.9. The number of hydrogen-bond donors (Lipinski definition) is 1. The molecule has 3 heteroatoms. The zero-order valence-electron chi connectivity index (χ0n) is 11.9. The van der Waals surface area contributed by atoms with Gasteiger partial charge in [0, 0.05) is 29.7 Å². The quantitative estimate of drug-likeness (QED) is 0.901. The summed E-state index contributed by atoms with van der Waals surface area (Å²) in [6.07, 6.45) is 3.63. The summed E-state index contributed by atoms with van der Waals surface area (Å²) in [5, 5.41) is 3.52. The predicted molar refractivity (Wildman–Crippen MR) is 78.7 cm³/mol. The van der Waals surface area contributed by atoms with Gasteiger partial charge in [0.15, 0.2) is 0 Å². The van der Waals surface area contributed by atoms with Crippen molar-refractivity contribution in [3.8, 4) is 5.75 Å². The minimum Gasteiger partial charge on any atom is -0.496 e. The minimum absolute atomic E-state index is 0.231. The van der Waals surface area contributed by atoms with E-state index in [0.717, 1.165) is 22.6 Å². The van der Waals surface area contributed by atoms with E-state index in [1.54, 1.807) is 7.11 Å². The van der Waals surface area contributed by atoms with Crippen LogP contribution < -0.4 is 10.1 Å². The molecule has 0 fully saturated rings. The fourth-order valence-electron chi connectivity index (χ4n) is 2.27. The van der Waals surface area contributed by atoms with Gasteiger partial charge in [-0.25, -0.2) is 0 Å². The maximum absolute atomic E-state index is 5.45. The molecule has 1 aromatic heterocycles. The van der Waals surface area contributed by atoms with Crippen LogP contribution in [0.4, 0.5) is 5.69 Å². The summed E-state index contributed by atoms with van der Waals surface area (Å²) >= 11 is 0. The van der Waals surface area contributed by atoms with E-state index in [1.165, 1.54) is 5.56 Å². The van der Waals surface area contributed by atoms with Crippen LogP contribution in [0.25, 0.3) is 0 Å². The van der Waals surface area contributed by atoms with Gasteiger partial charge in [0.25, 0.3) is 0 Å². The standard InChI is InChI=1S/C16H20N2O/c1-11-5-6-15(12(2)16(11)19-4)18-13(3)14-7-9-17-10-8-14/h5-10,13,18H,1-4H3. The minimum atomic E-state index is 0.231. The summed E-state index contributed by atoms with van der Waals surface area (Å²) in [5.74, 6) is 0.951. The van der Waals surface area contributed by atoms with E-state index in [0.29, 0.717) is 0 Å². The average molecular weight is 256 g/mol. The van der Waals surface area contributed by atoms with Crippen molar-refractivity contribution in [3.05, 3.63) is 53.3 Å². The topological polar surface area (TPSA) is 34.1 Å². The van der Waals surface area contributed by atoms with Crippen molar-refractivity contribution in [3.63, 3.8) is 0 Å². The second kappa shape index (κ2) is 5.74. The molecular weight excluding hydrogens is 236 g/mol. The van der Waals surface area contributed by atoms with Crippen LogP contribution in [0.5, 0.6) is 5.75 Å². The lowest BCUT2D eigenvalue weighted by molar-refractivity contribution is 0.409. The van der Waals surface area contributed by atoms with Crippen LogP contribution >= 0.6 is 0 Å². The Kier molecular flexibility index (Phi) is 4.05. The van der Waals surface area contributed by atoms with Gasteiger partial charge in [-0.15, -0.1) is 0 Å². The summed E-state index contributed by atoms with van der Waals surface area (Å²) in [6.45, 7) is 6.27. The molecule has 100 valence electrons. The monoisotopic (exact) mass is 256 g/mol. The molecule has 0 aliphatic carbocycles. The van der Waals surface area contributed by atoms with Crippen molar-refractivity contribution >= 4 is 5.69 Å². The maximum Gasteiger partial charge on any atom is 0.126 e. The van der Waals surface area contributed by atoms with Gasteiger partial charge >= 0.3 is 0 Å². The van der Waals surface area contributed by atoms with Crippen molar-refractivity contribution in [2.75, 3.05) is 12.4 Å². The zero-order chi connectivity index (χ0) is 13.8. The van der Waals surface area contributed by atoms with E-state index in [2.05, 4.69) is 43.2 Å². The molecule has 0 aliphatic rings. The van der Waals surface area contributed by atoms with Crippen LogP contribution in [0.15, 0.2) is 36.7 Å². The smallest absolute Gasteiger partial charge is 0.126 e. The van der Waals surface area contributed by atoms with Crippen molar-refractivity contribution in [2.45, 2.75) is 26.8 Å². The third-order valence-electron chi connectivity index (χ3n) is 3.38. The first kappa shape index (κ1) is 13.4. The van der Waals surface area contributed by atoms with E-state index in [4.69, 9.17) is 4.74 Å². The first-order valence-electron chi connectivity index (χ1n) is 6.44. The molecule has 0 saturated carbocycles. The van der Waals surface area contributed by atoms with E-state index in [1.807, 2.05) is 24.5 Å². The highest BCUT2D eigenvalue weighted by molar-refractivity contribution is 5.60. The lowest BCUT2D eigenvalue weighted by atomic mass is 10.1. The molecule has 0 aliphatic heterocycles. The number of benzene rings is 1. The second-order valence-corrected chi connectivity index (χ2v) is 4.73. The highest BCUT2D eigenvalue weighted by Crippen LogP contribution is 2.31. The Balaban J connectivity index is 2.25. The van der Waals surface area contributed by atoms with Crippen LogP contribution in [0.3, 0.4) is 0 Å². The molecule has 19 heavy (non-hydrogen) atoms. The number of ether oxygens (including phenoxy) is 1. The Hall–Kier alpha value is -2.03. The van der Waals surface area contributed by atoms with E-state index < -0.39 is 0 Å². The van der Waals surface area contributed by atoms with Crippen molar-refractivity contribution in [2.24, 2.45) is 0 Å². The fourth-order valence-corrected chi connectivity index (χ4v) is 2.27. The number of nitrogens with one attached hydrogen (secondary N) is 1. The van der Waals surface area contributed by atoms with Crippen LogP contribution in [-0.2, 0) is 0 Å². The molecule has 3 nitrogen and oxygen atoms in total. The van der Waals surface area contributed by atoms with Gasteiger partial charge in [0.1, 0.15) is 5.75 Å². The number of rotatable bonds is 4. The van der Waals surface area contributed by atoms with E-state index in [9.17, 15) is 0 Å². The van der Waals surface area contributed by atoms with Crippen molar-refractivity contribution in [1.82, 2.24) is 4.98 Å². The lowest BCUT2D eigenvalue weighted by Crippen LogP contribution is -2.08. The van der Waals surface area contributed by atoms with Gasteiger partial charge in [0.2, 0.25) is 0 Å². The third kappa shape index (κ3) is 2.87. The van der Waals surface area contributed by atoms with Crippen LogP contribution in [0.1, 0.15) is 29.7 Å². The molecule has 2 rings (SSSR count). The highest BCUT2D eigenvalue weighted by Gasteiger charge is 2.11. The summed E-state index contributed by atoms with van der Waals surface area (Å²) in [4.78, 5) is 4.04. The van der Waals surface area contributed by atoms with Crippen LogP contribution in [0.2, 0.25) is 0 Å². The van der Waals surface area contributed by atoms with Gasteiger partial charge in [-0.3, -0.25) is 4.98 Å². The highest BCUT2D eigenvalue weighted by atomic mass is 16.5. The molecule has 0 saturated heterocycles. The second-order valence-electron chi connectivity index (χ2n) is 4.73. The van der Waals surface area contributed by atoms with Gasteiger partial charge < -0.3 is 10.1 Å². The molecule has 1 unspecified atom stereocenters. The number of nitrogens with zero attached hydrogens (tertiary/aromatic N) is 1. The Morgan fingerprint density at radius 3 is 2.42 bits per heavy atom. The molecule has 1 atom stereocenters. The largest absolute Gasteiger partial charge is 0.496 e. The van der Waals surface area contributed by atoms with E-state index in [-0.39, 0.29) is 6.04 Å². The van der Waals surface area contributed by atoms with Gasteiger partial charge in [0.05, 0.1) is 7.11 Å². The maximum atomic E-state index is 5.45. The number of methoxy groups -OCH3 is 1.